The summed E-state index contributed by atoms with van der Waals surface area (Å²) < 4.78 is 5.16. The molecular formula is C13H26O5. The van der Waals surface area contributed by atoms with Gasteiger partial charge in [-0.1, -0.05) is 39.0 Å². The average Bonchev–Trinajstić information content (AvgIpc) is 2.58. The lowest BCUT2D eigenvalue weighted by Crippen LogP contribution is -2.43. The van der Waals surface area contributed by atoms with Crippen molar-refractivity contribution in [3.63, 3.8) is 0 Å². The van der Waals surface area contributed by atoms with E-state index < -0.39 is 30.7 Å². The molecule has 0 aromatic heterocycles. The maximum absolute atomic E-state index is 10.1. The van der Waals surface area contributed by atoms with Crippen molar-refractivity contribution >= 4 is 0 Å². The summed E-state index contributed by atoms with van der Waals surface area (Å²) >= 11 is 0. The SMILES string of the molecule is CCCCCCCCC1(O)O[C@H](CO)[C@@H](O)[C@H]1O. The van der Waals surface area contributed by atoms with Crippen molar-refractivity contribution in [2.45, 2.75) is 76.0 Å². The van der Waals surface area contributed by atoms with Crippen LogP contribution in [0.2, 0.25) is 0 Å². The third-order valence-corrected chi connectivity index (χ3v) is 3.59. The van der Waals surface area contributed by atoms with E-state index in [0.29, 0.717) is 0 Å². The maximum atomic E-state index is 10.1. The van der Waals surface area contributed by atoms with Gasteiger partial charge in [0.25, 0.3) is 0 Å². The Bertz CT molecular complexity index is 235. The van der Waals surface area contributed by atoms with Gasteiger partial charge in [0, 0.05) is 6.42 Å². The summed E-state index contributed by atoms with van der Waals surface area (Å²) in [6, 6.07) is 0. The van der Waals surface area contributed by atoms with Gasteiger partial charge in [0.15, 0.2) is 5.79 Å². The lowest BCUT2D eigenvalue weighted by atomic mass is 9.99. The third kappa shape index (κ3) is 3.90. The largest absolute Gasteiger partial charge is 0.394 e. The molecule has 4 N–H and O–H groups in total. The van der Waals surface area contributed by atoms with Crippen LogP contribution < -0.4 is 0 Å². The van der Waals surface area contributed by atoms with Crippen molar-refractivity contribution in [1.29, 1.82) is 0 Å². The Balaban J connectivity index is 2.28. The Morgan fingerprint density at radius 1 is 1.06 bits per heavy atom. The number of hydrogen-bond acceptors (Lipinski definition) is 5. The fraction of sp³-hybridized carbons (Fsp3) is 1.00. The van der Waals surface area contributed by atoms with Crippen molar-refractivity contribution in [3.05, 3.63) is 0 Å². The van der Waals surface area contributed by atoms with Crippen molar-refractivity contribution in [2.75, 3.05) is 6.61 Å². The van der Waals surface area contributed by atoms with Crippen LogP contribution in [0, 0.1) is 0 Å². The number of hydrogen-bond donors (Lipinski definition) is 4. The number of aliphatic hydroxyl groups is 4. The van der Waals surface area contributed by atoms with Crippen LogP contribution in [-0.2, 0) is 4.74 Å². The first-order chi connectivity index (χ1) is 8.55. The van der Waals surface area contributed by atoms with Gasteiger partial charge in [-0.2, -0.15) is 0 Å². The van der Waals surface area contributed by atoms with Gasteiger partial charge < -0.3 is 25.2 Å². The predicted octanol–water partition coefficient (Wildman–Crippen LogP) is 0.538. The Morgan fingerprint density at radius 3 is 2.22 bits per heavy atom. The first-order valence-corrected chi connectivity index (χ1v) is 6.92. The second kappa shape index (κ2) is 7.40. The number of aliphatic hydroxyl groups excluding tert-OH is 3. The second-order valence-electron chi connectivity index (χ2n) is 5.14. The highest BCUT2D eigenvalue weighted by atomic mass is 16.7. The molecule has 0 aromatic rings. The molecule has 0 bridgehead atoms. The van der Waals surface area contributed by atoms with Crippen molar-refractivity contribution in [3.8, 4) is 0 Å². The van der Waals surface area contributed by atoms with E-state index in [0.717, 1.165) is 19.3 Å². The van der Waals surface area contributed by atoms with Gasteiger partial charge in [-0.25, -0.2) is 0 Å². The number of unbranched alkanes of at least 4 members (excludes halogenated alkanes) is 5. The molecule has 1 unspecified atom stereocenters. The Labute approximate surface area is 108 Å². The fourth-order valence-corrected chi connectivity index (χ4v) is 2.38. The summed E-state index contributed by atoms with van der Waals surface area (Å²) in [6.07, 6.45) is 3.22. The molecule has 1 fully saturated rings. The fourth-order valence-electron chi connectivity index (χ4n) is 2.38. The van der Waals surface area contributed by atoms with E-state index in [2.05, 4.69) is 6.92 Å². The Morgan fingerprint density at radius 2 is 1.67 bits per heavy atom. The highest BCUT2D eigenvalue weighted by molar-refractivity contribution is 4.95. The van der Waals surface area contributed by atoms with E-state index in [4.69, 9.17) is 9.84 Å². The van der Waals surface area contributed by atoms with Crippen molar-refractivity contribution < 1.29 is 25.2 Å². The van der Waals surface area contributed by atoms with Crippen LogP contribution in [-0.4, -0.2) is 51.1 Å². The molecule has 5 nitrogen and oxygen atoms in total. The highest BCUT2D eigenvalue weighted by Gasteiger charge is 2.52. The van der Waals surface area contributed by atoms with Gasteiger partial charge in [0.05, 0.1) is 6.61 Å². The first kappa shape index (κ1) is 15.9. The predicted molar refractivity (Wildman–Crippen MR) is 66.9 cm³/mol. The molecule has 1 aliphatic rings. The molecule has 1 rings (SSSR count). The number of ether oxygens (including phenoxy) is 1. The van der Waals surface area contributed by atoms with E-state index in [1.807, 2.05) is 0 Å². The first-order valence-electron chi connectivity index (χ1n) is 6.92. The van der Waals surface area contributed by atoms with Crippen molar-refractivity contribution in [1.82, 2.24) is 0 Å². The lowest BCUT2D eigenvalue weighted by molar-refractivity contribution is -0.234. The quantitative estimate of drug-likeness (QED) is 0.479. The molecule has 0 aromatic carbocycles. The molecule has 1 saturated heterocycles. The molecule has 1 heterocycles. The summed E-state index contributed by atoms with van der Waals surface area (Å²) in [5, 5.41) is 38.3. The summed E-state index contributed by atoms with van der Waals surface area (Å²) in [5.74, 6) is -1.71. The topological polar surface area (TPSA) is 90.2 Å². The van der Waals surface area contributed by atoms with E-state index in [-0.39, 0.29) is 6.42 Å². The Hall–Kier alpha value is -0.200. The van der Waals surface area contributed by atoms with Crippen LogP contribution in [0.5, 0.6) is 0 Å². The maximum Gasteiger partial charge on any atom is 0.195 e. The summed E-state index contributed by atoms with van der Waals surface area (Å²) in [7, 11) is 0. The van der Waals surface area contributed by atoms with E-state index in [1.54, 1.807) is 0 Å². The molecule has 1 aliphatic heterocycles. The van der Waals surface area contributed by atoms with Crippen LogP contribution >= 0.6 is 0 Å². The number of rotatable bonds is 8. The molecule has 18 heavy (non-hydrogen) atoms. The minimum atomic E-state index is -1.71. The summed E-state index contributed by atoms with van der Waals surface area (Å²) in [4.78, 5) is 0. The monoisotopic (exact) mass is 262 g/mol. The zero-order valence-corrected chi connectivity index (χ0v) is 11.1. The van der Waals surface area contributed by atoms with E-state index in [1.165, 1.54) is 19.3 Å². The van der Waals surface area contributed by atoms with Gasteiger partial charge in [-0.15, -0.1) is 0 Å². The van der Waals surface area contributed by atoms with Crippen LogP contribution in [0.15, 0.2) is 0 Å². The molecule has 0 spiro atoms. The summed E-state index contributed by atoms with van der Waals surface area (Å²) in [6.45, 7) is 1.75. The van der Waals surface area contributed by atoms with Crippen LogP contribution in [0.25, 0.3) is 0 Å². The lowest BCUT2D eigenvalue weighted by Gasteiger charge is -2.25. The summed E-state index contributed by atoms with van der Waals surface area (Å²) in [5.41, 5.74) is 0. The van der Waals surface area contributed by atoms with E-state index >= 15 is 0 Å². The molecular weight excluding hydrogens is 236 g/mol. The van der Waals surface area contributed by atoms with Gasteiger partial charge in [-0.05, 0) is 6.42 Å². The Kier molecular flexibility index (Phi) is 6.52. The van der Waals surface area contributed by atoms with Crippen LogP contribution in [0.1, 0.15) is 51.9 Å². The van der Waals surface area contributed by atoms with Crippen LogP contribution in [0.4, 0.5) is 0 Å². The molecule has 4 atom stereocenters. The normalized spacial score (nSPS) is 36.2. The van der Waals surface area contributed by atoms with Crippen LogP contribution in [0.3, 0.4) is 0 Å². The molecule has 5 heteroatoms. The minimum absolute atomic E-state index is 0.286. The van der Waals surface area contributed by atoms with Gasteiger partial charge in [-0.3, -0.25) is 0 Å². The van der Waals surface area contributed by atoms with Crippen molar-refractivity contribution in [2.24, 2.45) is 0 Å². The van der Waals surface area contributed by atoms with Gasteiger partial charge in [0.1, 0.15) is 18.3 Å². The minimum Gasteiger partial charge on any atom is -0.394 e. The molecule has 0 radical (unpaired) electrons. The standard InChI is InChI=1S/C13H26O5/c1-2-3-4-5-6-7-8-13(17)12(16)11(15)10(9-14)18-13/h10-12,14-17H,2-9H2,1H3/t10-,11-,12-,13?/m1/s1. The zero-order chi connectivity index (χ0) is 13.6. The third-order valence-electron chi connectivity index (χ3n) is 3.59. The van der Waals surface area contributed by atoms with Gasteiger partial charge in [0.2, 0.25) is 0 Å². The zero-order valence-electron chi connectivity index (χ0n) is 11.1. The smallest absolute Gasteiger partial charge is 0.195 e. The molecule has 0 saturated carbocycles. The highest BCUT2D eigenvalue weighted by Crippen LogP contribution is 2.33. The average molecular weight is 262 g/mol. The molecule has 108 valence electrons. The molecule has 0 aliphatic carbocycles. The molecule has 0 amide bonds. The second-order valence-corrected chi connectivity index (χ2v) is 5.14. The van der Waals surface area contributed by atoms with E-state index in [9.17, 15) is 15.3 Å². The van der Waals surface area contributed by atoms with Gasteiger partial charge >= 0.3 is 0 Å².